The minimum absolute atomic E-state index is 0.429. The normalized spacial score (nSPS) is 12.6. The molecule has 0 bridgehead atoms. The van der Waals surface area contributed by atoms with Crippen molar-refractivity contribution < 1.29 is 0 Å². The van der Waals surface area contributed by atoms with Gasteiger partial charge in [0, 0.05) is 10.5 Å². The first-order valence-corrected chi connectivity index (χ1v) is 7.88. The summed E-state index contributed by atoms with van der Waals surface area (Å²) in [6.45, 7) is 2.18. The van der Waals surface area contributed by atoms with Gasteiger partial charge in [0.25, 0.3) is 0 Å². The molecule has 1 unspecified atom stereocenters. The summed E-state index contributed by atoms with van der Waals surface area (Å²) in [7, 11) is 2.04. The van der Waals surface area contributed by atoms with Gasteiger partial charge in [0.1, 0.15) is 0 Å². The molecule has 0 fully saturated rings. The largest absolute Gasteiger partial charge is 0.313 e. The van der Waals surface area contributed by atoms with Crippen LogP contribution in [0.5, 0.6) is 0 Å². The molecule has 1 nitrogen and oxygen atoms in total. The van der Waals surface area contributed by atoms with Gasteiger partial charge in [-0.1, -0.05) is 22.0 Å². The fourth-order valence-corrected chi connectivity index (χ4v) is 3.41. The molecule has 1 heterocycles. The van der Waals surface area contributed by atoms with Crippen LogP contribution in [0, 0.1) is 6.92 Å². The second kappa shape index (κ2) is 6.50. The molecule has 96 valence electrons. The molecule has 1 N–H and O–H groups in total. The molecule has 0 aliphatic carbocycles. The van der Waals surface area contributed by atoms with Gasteiger partial charge >= 0.3 is 0 Å². The zero-order chi connectivity index (χ0) is 13.0. The van der Waals surface area contributed by atoms with E-state index in [2.05, 4.69) is 63.2 Å². The summed E-state index contributed by atoms with van der Waals surface area (Å²) < 4.78 is 1.15. The average molecular weight is 324 g/mol. The number of rotatable bonds is 5. The van der Waals surface area contributed by atoms with E-state index in [1.807, 2.05) is 7.05 Å². The van der Waals surface area contributed by atoms with Crippen LogP contribution in [-0.2, 0) is 6.42 Å². The van der Waals surface area contributed by atoms with Crippen molar-refractivity contribution in [3.05, 3.63) is 56.2 Å². The van der Waals surface area contributed by atoms with Gasteiger partial charge in [-0.3, -0.25) is 0 Å². The first-order valence-electron chi connectivity index (χ1n) is 6.15. The summed E-state index contributed by atoms with van der Waals surface area (Å²) in [4.78, 5) is 0. The highest BCUT2D eigenvalue weighted by Gasteiger charge is 2.12. The van der Waals surface area contributed by atoms with Crippen LogP contribution >= 0.6 is 27.3 Å². The fourth-order valence-electron chi connectivity index (χ4n) is 2.23. The van der Waals surface area contributed by atoms with Gasteiger partial charge in [0.2, 0.25) is 0 Å². The Bertz CT molecular complexity index is 493. The molecule has 1 aromatic carbocycles. The lowest BCUT2D eigenvalue weighted by atomic mass is 9.96. The zero-order valence-corrected chi connectivity index (χ0v) is 13.1. The monoisotopic (exact) mass is 323 g/mol. The lowest BCUT2D eigenvalue weighted by molar-refractivity contribution is 0.547. The molecule has 18 heavy (non-hydrogen) atoms. The zero-order valence-electron chi connectivity index (χ0n) is 10.7. The Morgan fingerprint density at radius 3 is 2.78 bits per heavy atom. The van der Waals surface area contributed by atoms with Crippen LogP contribution in [0.4, 0.5) is 0 Å². The van der Waals surface area contributed by atoms with E-state index in [-0.39, 0.29) is 0 Å². The van der Waals surface area contributed by atoms with Gasteiger partial charge in [-0.25, -0.2) is 0 Å². The maximum atomic E-state index is 3.52. The predicted octanol–water partition coefficient (Wildman–Crippen LogP) is 4.71. The Morgan fingerprint density at radius 2 is 2.17 bits per heavy atom. The van der Waals surface area contributed by atoms with Crippen LogP contribution in [0.25, 0.3) is 0 Å². The Balaban J connectivity index is 2.08. The van der Waals surface area contributed by atoms with Gasteiger partial charge in [-0.2, -0.15) is 11.3 Å². The first-order chi connectivity index (χ1) is 8.70. The van der Waals surface area contributed by atoms with Crippen molar-refractivity contribution in [2.75, 3.05) is 7.05 Å². The standard InChI is InChI=1S/C15H18BrNS/c1-11-9-13(16)4-5-14(11)15(17-2)6-3-12-7-8-18-10-12/h4-5,7-10,15,17H,3,6H2,1-2H3. The Labute approximate surface area is 121 Å². The van der Waals surface area contributed by atoms with E-state index in [9.17, 15) is 0 Å². The molecule has 2 rings (SSSR count). The fraction of sp³-hybridized carbons (Fsp3) is 0.333. The van der Waals surface area contributed by atoms with Gasteiger partial charge in [-0.15, -0.1) is 0 Å². The molecule has 0 aliphatic heterocycles. The summed E-state index contributed by atoms with van der Waals surface area (Å²) in [5.41, 5.74) is 4.18. The predicted molar refractivity (Wildman–Crippen MR) is 83.3 cm³/mol. The summed E-state index contributed by atoms with van der Waals surface area (Å²) in [6.07, 6.45) is 2.26. The maximum Gasteiger partial charge on any atom is 0.0323 e. The number of hydrogen-bond donors (Lipinski definition) is 1. The van der Waals surface area contributed by atoms with E-state index in [1.165, 1.54) is 16.7 Å². The summed E-state index contributed by atoms with van der Waals surface area (Å²) >= 11 is 5.29. The minimum atomic E-state index is 0.429. The van der Waals surface area contributed by atoms with Gasteiger partial charge in [0.15, 0.2) is 0 Å². The molecule has 0 amide bonds. The van der Waals surface area contributed by atoms with Crippen LogP contribution < -0.4 is 5.32 Å². The summed E-state index contributed by atoms with van der Waals surface area (Å²) in [5.74, 6) is 0. The second-order valence-electron chi connectivity index (χ2n) is 4.51. The molecular weight excluding hydrogens is 306 g/mol. The number of nitrogens with one attached hydrogen (secondary N) is 1. The number of halogens is 1. The molecule has 0 saturated heterocycles. The minimum Gasteiger partial charge on any atom is -0.313 e. The van der Waals surface area contributed by atoms with Crippen LogP contribution in [0.1, 0.15) is 29.2 Å². The van der Waals surface area contributed by atoms with Crippen molar-refractivity contribution >= 4 is 27.3 Å². The summed E-state index contributed by atoms with van der Waals surface area (Å²) in [5, 5.41) is 7.81. The smallest absolute Gasteiger partial charge is 0.0323 e. The van der Waals surface area contributed by atoms with Crippen LogP contribution in [0.2, 0.25) is 0 Å². The van der Waals surface area contributed by atoms with Crippen molar-refractivity contribution in [3.63, 3.8) is 0 Å². The van der Waals surface area contributed by atoms with Gasteiger partial charge in [0.05, 0.1) is 0 Å². The van der Waals surface area contributed by atoms with Gasteiger partial charge in [-0.05, 0) is 72.5 Å². The third kappa shape index (κ3) is 3.44. The molecule has 1 aromatic heterocycles. The SMILES string of the molecule is CNC(CCc1ccsc1)c1ccc(Br)cc1C. The number of thiophene rings is 1. The molecule has 2 aromatic rings. The number of benzene rings is 1. The van der Waals surface area contributed by atoms with E-state index in [4.69, 9.17) is 0 Å². The molecule has 3 heteroatoms. The van der Waals surface area contributed by atoms with Crippen LogP contribution in [0.3, 0.4) is 0 Å². The lowest BCUT2D eigenvalue weighted by Gasteiger charge is -2.19. The van der Waals surface area contributed by atoms with E-state index in [0.717, 1.165) is 17.3 Å². The topological polar surface area (TPSA) is 12.0 Å². The molecule has 0 saturated carbocycles. The molecule has 0 spiro atoms. The second-order valence-corrected chi connectivity index (χ2v) is 6.21. The van der Waals surface area contributed by atoms with E-state index in [0.29, 0.717) is 6.04 Å². The third-order valence-electron chi connectivity index (χ3n) is 3.26. The van der Waals surface area contributed by atoms with E-state index < -0.39 is 0 Å². The van der Waals surface area contributed by atoms with Crippen LogP contribution in [-0.4, -0.2) is 7.05 Å². The van der Waals surface area contributed by atoms with E-state index >= 15 is 0 Å². The number of aryl methyl sites for hydroxylation is 2. The summed E-state index contributed by atoms with van der Waals surface area (Å²) in [6, 6.07) is 9.17. The molecule has 0 aliphatic rings. The third-order valence-corrected chi connectivity index (χ3v) is 4.48. The molecular formula is C15H18BrNS. The van der Waals surface area contributed by atoms with Crippen molar-refractivity contribution in [3.8, 4) is 0 Å². The van der Waals surface area contributed by atoms with Crippen molar-refractivity contribution in [2.24, 2.45) is 0 Å². The van der Waals surface area contributed by atoms with Crippen molar-refractivity contribution in [1.82, 2.24) is 5.32 Å². The van der Waals surface area contributed by atoms with Crippen LogP contribution in [0.15, 0.2) is 39.5 Å². The Kier molecular flexibility index (Phi) is 4.98. The average Bonchev–Trinajstić information content (AvgIpc) is 2.85. The Hall–Kier alpha value is -0.640. The molecule has 1 atom stereocenters. The molecule has 0 radical (unpaired) electrons. The number of hydrogen-bond acceptors (Lipinski definition) is 2. The maximum absolute atomic E-state index is 3.52. The first kappa shape index (κ1) is 13.8. The highest BCUT2D eigenvalue weighted by molar-refractivity contribution is 9.10. The highest BCUT2D eigenvalue weighted by atomic mass is 79.9. The Morgan fingerprint density at radius 1 is 1.33 bits per heavy atom. The van der Waals surface area contributed by atoms with Crippen molar-refractivity contribution in [1.29, 1.82) is 0 Å². The van der Waals surface area contributed by atoms with E-state index in [1.54, 1.807) is 11.3 Å². The lowest BCUT2D eigenvalue weighted by Crippen LogP contribution is -2.18. The van der Waals surface area contributed by atoms with Gasteiger partial charge < -0.3 is 5.32 Å². The highest BCUT2D eigenvalue weighted by Crippen LogP contribution is 2.25. The van der Waals surface area contributed by atoms with Crippen molar-refractivity contribution in [2.45, 2.75) is 25.8 Å². The quantitative estimate of drug-likeness (QED) is 0.840.